The summed E-state index contributed by atoms with van der Waals surface area (Å²) < 4.78 is 1.89. The Morgan fingerprint density at radius 3 is 2.86 bits per heavy atom. The molecule has 0 unspecified atom stereocenters. The van der Waals surface area contributed by atoms with Crippen LogP contribution in [0.1, 0.15) is 0 Å². The smallest absolute Gasteiger partial charge is 0.209 e. The van der Waals surface area contributed by atoms with Gasteiger partial charge in [-0.15, -0.1) is 0 Å². The zero-order chi connectivity index (χ0) is 14.8. The third-order valence-electron chi connectivity index (χ3n) is 3.06. The van der Waals surface area contributed by atoms with E-state index in [1.165, 1.54) is 0 Å². The van der Waals surface area contributed by atoms with Crippen LogP contribution in [0.2, 0.25) is 10.0 Å². The summed E-state index contributed by atoms with van der Waals surface area (Å²) in [4.78, 5) is 8.95. The van der Waals surface area contributed by atoms with Crippen LogP contribution in [0.4, 0.5) is 5.95 Å². The van der Waals surface area contributed by atoms with Crippen molar-refractivity contribution in [2.45, 2.75) is 0 Å². The minimum Gasteiger partial charge on any atom is -0.356 e. The average Bonchev–Trinajstić information content (AvgIpc) is 2.93. The minimum absolute atomic E-state index is 0.564. The fraction of sp³-hybridized carbons (Fsp3) is 0.143. The quantitative estimate of drug-likeness (QED) is 0.774. The van der Waals surface area contributed by atoms with E-state index < -0.39 is 0 Å². The maximum absolute atomic E-state index is 6.26. The summed E-state index contributed by atoms with van der Waals surface area (Å²) in [7, 11) is 0. The highest BCUT2D eigenvalue weighted by Gasteiger charge is 2.11. The van der Waals surface area contributed by atoms with Gasteiger partial charge in [0.1, 0.15) is 5.65 Å². The van der Waals surface area contributed by atoms with Gasteiger partial charge in [0, 0.05) is 29.0 Å². The van der Waals surface area contributed by atoms with E-state index in [2.05, 4.69) is 21.0 Å². The molecule has 21 heavy (non-hydrogen) atoms. The van der Waals surface area contributed by atoms with Crippen LogP contribution in [-0.4, -0.2) is 27.5 Å². The first-order valence-electron chi connectivity index (χ1n) is 6.51. The molecule has 0 radical (unpaired) electrons. The molecule has 0 bridgehead atoms. The lowest BCUT2D eigenvalue weighted by Gasteiger charge is -2.10. The highest BCUT2D eigenvalue weighted by Crippen LogP contribution is 2.30. The van der Waals surface area contributed by atoms with Crippen molar-refractivity contribution in [3.05, 3.63) is 46.7 Å². The van der Waals surface area contributed by atoms with Gasteiger partial charge in [0.05, 0.1) is 23.8 Å². The lowest BCUT2D eigenvalue weighted by atomic mass is 10.1. The Morgan fingerprint density at radius 1 is 1.24 bits per heavy atom. The first kappa shape index (κ1) is 14.1. The maximum atomic E-state index is 6.26. The van der Waals surface area contributed by atoms with E-state index in [1.807, 2.05) is 22.7 Å². The second kappa shape index (κ2) is 5.89. The molecule has 0 amide bonds. The highest BCUT2D eigenvalue weighted by molar-refractivity contribution is 6.36. The summed E-state index contributed by atoms with van der Waals surface area (Å²) in [5, 5.41) is 4.41. The molecular weight excluding hydrogens is 309 g/mol. The molecule has 0 aliphatic carbocycles. The molecule has 2 heterocycles. The number of aromatic nitrogens is 3. The SMILES string of the molecule is [NH3+]CCNc1nc(-c2ccc(Cl)cc2Cl)cc2nccn12. The van der Waals surface area contributed by atoms with E-state index in [9.17, 15) is 0 Å². The molecule has 0 saturated heterocycles. The van der Waals surface area contributed by atoms with Gasteiger partial charge in [-0.3, -0.25) is 4.40 Å². The van der Waals surface area contributed by atoms with Gasteiger partial charge >= 0.3 is 0 Å². The normalized spacial score (nSPS) is 11.0. The van der Waals surface area contributed by atoms with Crippen LogP contribution in [0.15, 0.2) is 36.7 Å². The molecule has 0 fully saturated rings. The van der Waals surface area contributed by atoms with Gasteiger partial charge in [-0.25, -0.2) is 9.97 Å². The lowest BCUT2D eigenvalue weighted by molar-refractivity contribution is -0.362. The number of quaternary nitrogens is 1. The number of hydrogen-bond acceptors (Lipinski definition) is 3. The molecule has 7 heteroatoms. The van der Waals surface area contributed by atoms with E-state index in [0.717, 1.165) is 35.9 Å². The fourth-order valence-corrected chi connectivity index (χ4v) is 2.59. The van der Waals surface area contributed by atoms with Gasteiger partial charge in [-0.2, -0.15) is 0 Å². The van der Waals surface area contributed by atoms with Crippen molar-refractivity contribution in [2.24, 2.45) is 0 Å². The Balaban J connectivity index is 2.13. The number of hydrogen-bond donors (Lipinski definition) is 2. The monoisotopic (exact) mass is 322 g/mol. The minimum atomic E-state index is 0.564. The molecule has 3 aromatic rings. The fourth-order valence-electron chi connectivity index (χ4n) is 2.08. The number of halogens is 2. The van der Waals surface area contributed by atoms with Crippen molar-refractivity contribution < 1.29 is 5.73 Å². The van der Waals surface area contributed by atoms with Crippen molar-refractivity contribution in [3.8, 4) is 11.3 Å². The summed E-state index contributed by atoms with van der Waals surface area (Å²) in [5.41, 5.74) is 6.20. The highest BCUT2D eigenvalue weighted by atomic mass is 35.5. The molecule has 0 atom stereocenters. The van der Waals surface area contributed by atoms with E-state index in [0.29, 0.717) is 10.0 Å². The predicted octanol–water partition coefficient (Wildman–Crippen LogP) is 2.36. The topological polar surface area (TPSA) is 69.9 Å². The zero-order valence-corrected chi connectivity index (χ0v) is 12.7. The average molecular weight is 323 g/mol. The number of fused-ring (bicyclic) bond motifs is 1. The number of anilines is 1. The van der Waals surface area contributed by atoms with Gasteiger partial charge in [-0.1, -0.05) is 23.2 Å². The molecule has 0 spiro atoms. The van der Waals surface area contributed by atoms with Gasteiger partial charge in [0.25, 0.3) is 0 Å². The molecule has 1 aromatic carbocycles. The third-order valence-corrected chi connectivity index (χ3v) is 3.60. The lowest BCUT2D eigenvalue weighted by Crippen LogP contribution is -2.53. The Morgan fingerprint density at radius 2 is 2.10 bits per heavy atom. The first-order chi connectivity index (χ1) is 10.2. The zero-order valence-electron chi connectivity index (χ0n) is 11.2. The molecule has 0 aliphatic rings. The van der Waals surface area contributed by atoms with Crippen LogP contribution >= 0.6 is 23.2 Å². The Labute approximate surface area is 131 Å². The van der Waals surface area contributed by atoms with Crippen LogP contribution in [0, 0.1) is 0 Å². The van der Waals surface area contributed by atoms with Gasteiger partial charge in [0.15, 0.2) is 0 Å². The summed E-state index contributed by atoms with van der Waals surface area (Å²) in [6.07, 6.45) is 3.60. The Hall–Kier alpha value is -1.82. The summed E-state index contributed by atoms with van der Waals surface area (Å²) in [5.74, 6) is 0.717. The van der Waals surface area contributed by atoms with Crippen molar-refractivity contribution in [1.29, 1.82) is 0 Å². The van der Waals surface area contributed by atoms with Crippen molar-refractivity contribution in [1.82, 2.24) is 14.4 Å². The first-order valence-corrected chi connectivity index (χ1v) is 7.27. The summed E-state index contributed by atoms with van der Waals surface area (Å²) in [6.45, 7) is 1.50. The van der Waals surface area contributed by atoms with Crippen LogP contribution in [0.5, 0.6) is 0 Å². The van der Waals surface area contributed by atoms with Crippen molar-refractivity contribution in [3.63, 3.8) is 0 Å². The van der Waals surface area contributed by atoms with Gasteiger partial charge in [-0.05, 0) is 18.2 Å². The molecule has 5 nitrogen and oxygen atoms in total. The predicted molar refractivity (Wildman–Crippen MR) is 84.7 cm³/mol. The largest absolute Gasteiger partial charge is 0.356 e. The standard InChI is InChI=1S/C14H13Cl2N5/c15-9-1-2-10(11(16)7-9)12-8-13-18-5-6-21(13)14(20-12)19-4-3-17/h1-2,5-8H,3-4,17H2,(H,19,20)/p+1. The third kappa shape index (κ3) is 2.81. The van der Waals surface area contributed by atoms with Gasteiger partial charge in [0.2, 0.25) is 5.95 Å². The molecule has 4 N–H and O–H groups in total. The number of nitrogens with zero attached hydrogens (tertiary/aromatic N) is 3. The molecule has 108 valence electrons. The Bertz CT molecular complexity index is 784. The van der Waals surface area contributed by atoms with E-state index in [4.69, 9.17) is 23.2 Å². The maximum Gasteiger partial charge on any atom is 0.209 e. The van der Waals surface area contributed by atoms with Crippen LogP contribution < -0.4 is 11.1 Å². The molecular formula is C14H14Cl2N5+. The van der Waals surface area contributed by atoms with E-state index >= 15 is 0 Å². The van der Waals surface area contributed by atoms with Crippen LogP contribution in [0.25, 0.3) is 16.9 Å². The molecule has 3 rings (SSSR count). The van der Waals surface area contributed by atoms with Crippen LogP contribution in [-0.2, 0) is 0 Å². The van der Waals surface area contributed by atoms with Crippen LogP contribution in [0.3, 0.4) is 0 Å². The summed E-state index contributed by atoms with van der Waals surface area (Å²) >= 11 is 12.2. The molecule has 0 aliphatic heterocycles. The number of imidazole rings is 1. The Kier molecular flexibility index (Phi) is 3.96. The van der Waals surface area contributed by atoms with Gasteiger partial charge < -0.3 is 11.1 Å². The molecule has 2 aromatic heterocycles. The van der Waals surface area contributed by atoms with Crippen molar-refractivity contribution in [2.75, 3.05) is 18.4 Å². The second-order valence-electron chi connectivity index (χ2n) is 4.52. The number of rotatable bonds is 4. The molecule has 0 saturated carbocycles. The second-order valence-corrected chi connectivity index (χ2v) is 5.37. The summed E-state index contributed by atoms with van der Waals surface area (Å²) in [6, 6.07) is 7.25. The number of benzene rings is 1. The van der Waals surface area contributed by atoms with Crippen molar-refractivity contribution >= 4 is 34.8 Å². The van der Waals surface area contributed by atoms with E-state index in [1.54, 1.807) is 18.3 Å². The number of nitrogens with one attached hydrogen (secondary N) is 1. The van der Waals surface area contributed by atoms with E-state index in [-0.39, 0.29) is 0 Å².